The van der Waals surface area contributed by atoms with E-state index < -0.39 is 5.60 Å². The summed E-state index contributed by atoms with van der Waals surface area (Å²) in [7, 11) is 1.71. The maximum atomic E-state index is 12.5. The van der Waals surface area contributed by atoms with Gasteiger partial charge < -0.3 is 19.7 Å². The molecule has 1 saturated heterocycles. The number of pyridine rings is 1. The van der Waals surface area contributed by atoms with E-state index in [1.54, 1.807) is 30.3 Å². The highest BCUT2D eigenvalue weighted by atomic mass is 32.1. The minimum absolute atomic E-state index is 0.277. The number of aliphatic hydroxyl groups is 1. The molecule has 0 radical (unpaired) electrons. The minimum Gasteiger partial charge on any atom is -0.375 e. The van der Waals surface area contributed by atoms with Crippen LogP contribution in [0.3, 0.4) is 0 Å². The van der Waals surface area contributed by atoms with Gasteiger partial charge in [-0.2, -0.15) is 0 Å². The number of benzene rings is 1. The lowest BCUT2D eigenvalue weighted by molar-refractivity contribution is -0.143. The molecule has 0 spiro atoms. The van der Waals surface area contributed by atoms with Gasteiger partial charge in [0, 0.05) is 43.4 Å². The average molecular weight is 484 g/mol. The average Bonchev–Trinajstić information content (AvgIpc) is 3.59. The van der Waals surface area contributed by atoms with Crippen LogP contribution in [-0.2, 0) is 10.4 Å². The van der Waals surface area contributed by atoms with Crippen molar-refractivity contribution in [1.82, 2.24) is 29.2 Å². The number of nitrogens with one attached hydrogen (secondary N) is 1. The smallest absolute Gasteiger partial charge is 0.258 e. The fourth-order valence-electron chi connectivity index (χ4n) is 4.23. The van der Waals surface area contributed by atoms with Crippen molar-refractivity contribution in [3.63, 3.8) is 0 Å². The van der Waals surface area contributed by atoms with Crippen LogP contribution in [0.5, 0.6) is 0 Å². The molecule has 5 aromatic rings. The molecule has 174 valence electrons. The van der Waals surface area contributed by atoms with Gasteiger partial charge in [-0.25, -0.2) is 19.9 Å². The Kier molecular flexibility index (Phi) is 5.05. The van der Waals surface area contributed by atoms with Crippen LogP contribution >= 0.6 is 11.3 Å². The lowest BCUT2D eigenvalue weighted by Gasteiger charge is -2.21. The number of carbonyl (C=O) groups excluding carboxylic acids is 1. The fourth-order valence-corrected chi connectivity index (χ4v) is 5.04. The molecule has 5 heterocycles. The van der Waals surface area contributed by atoms with Gasteiger partial charge in [0.15, 0.2) is 11.4 Å². The van der Waals surface area contributed by atoms with Crippen molar-refractivity contribution in [2.75, 3.05) is 18.9 Å². The van der Waals surface area contributed by atoms with Crippen LogP contribution in [0, 0.1) is 0 Å². The molecule has 4 aromatic heterocycles. The normalized spacial score (nSPS) is 17.9. The summed E-state index contributed by atoms with van der Waals surface area (Å²) in [6.45, 7) is 0.528. The first-order chi connectivity index (χ1) is 17.0. The van der Waals surface area contributed by atoms with Gasteiger partial charge in [-0.3, -0.25) is 4.79 Å². The number of likely N-dealkylation sites (tertiary alicyclic amines) is 1. The number of likely N-dealkylation sites (N-methyl/N-ethyl adjacent to an activating group) is 1. The van der Waals surface area contributed by atoms with E-state index in [0.717, 1.165) is 16.2 Å². The molecular formula is C25H21N7O2S. The minimum atomic E-state index is -1.49. The molecule has 1 atom stereocenters. The van der Waals surface area contributed by atoms with Gasteiger partial charge in [0.1, 0.15) is 16.3 Å². The molecule has 1 unspecified atom stereocenters. The fraction of sp³-hybridized carbons (Fsp3) is 0.160. The maximum absolute atomic E-state index is 12.5. The van der Waals surface area contributed by atoms with Crippen LogP contribution in [-0.4, -0.2) is 53.8 Å². The number of carbonyl (C=O) groups is 1. The van der Waals surface area contributed by atoms with Crippen LogP contribution < -0.4 is 5.32 Å². The Morgan fingerprint density at radius 1 is 1.09 bits per heavy atom. The number of rotatable bonds is 5. The lowest BCUT2D eigenvalue weighted by Crippen LogP contribution is -2.36. The number of thiazole rings is 1. The summed E-state index contributed by atoms with van der Waals surface area (Å²) in [6, 6.07) is 15.0. The molecule has 1 aliphatic rings. The molecule has 1 aromatic carbocycles. The third-order valence-corrected chi connectivity index (χ3v) is 7.01. The molecule has 0 saturated carbocycles. The number of hydrogen-bond donors (Lipinski definition) is 2. The Morgan fingerprint density at radius 2 is 2.00 bits per heavy atom. The highest BCUT2D eigenvalue weighted by molar-refractivity contribution is 7.13. The lowest BCUT2D eigenvalue weighted by atomic mass is 9.91. The highest BCUT2D eigenvalue weighted by Crippen LogP contribution is 2.36. The summed E-state index contributed by atoms with van der Waals surface area (Å²) >= 11 is 1.48. The second-order valence-corrected chi connectivity index (χ2v) is 9.30. The van der Waals surface area contributed by atoms with Gasteiger partial charge in [-0.15, -0.1) is 11.3 Å². The van der Waals surface area contributed by atoms with Crippen LogP contribution in [0.4, 0.5) is 11.8 Å². The van der Waals surface area contributed by atoms with E-state index in [1.165, 1.54) is 11.3 Å². The van der Waals surface area contributed by atoms with Crippen molar-refractivity contribution >= 4 is 34.7 Å². The van der Waals surface area contributed by atoms with Crippen molar-refractivity contribution in [2.24, 2.45) is 0 Å². The second kappa shape index (κ2) is 8.26. The topological polar surface area (TPSA) is 109 Å². The van der Waals surface area contributed by atoms with E-state index in [1.807, 2.05) is 58.6 Å². The Labute approximate surface area is 204 Å². The molecule has 10 heteroatoms. The maximum Gasteiger partial charge on any atom is 0.258 e. The first kappa shape index (κ1) is 21.4. The van der Waals surface area contributed by atoms with Gasteiger partial charge in [-0.05, 0) is 29.8 Å². The van der Waals surface area contributed by atoms with Gasteiger partial charge in [0.25, 0.3) is 5.91 Å². The Bertz CT molecular complexity index is 1530. The zero-order valence-electron chi connectivity index (χ0n) is 18.8. The van der Waals surface area contributed by atoms with Crippen molar-refractivity contribution < 1.29 is 9.90 Å². The summed E-state index contributed by atoms with van der Waals surface area (Å²) < 4.78 is 1.92. The predicted octanol–water partition coefficient (Wildman–Crippen LogP) is 3.71. The van der Waals surface area contributed by atoms with E-state index in [9.17, 15) is 9.90 Å². The first-order valence-electron chi connectivity index (χ1n) is 11.1. The number of amides is 1. The number of anilines is 2. The van der Waals surface area contributed by atoms with Gasteiger partial charge in [0.05, 0.1) is 11.9 Å². The molecule has 9 nitrogen and oxygen atoms in total. The Morgan fingerprint density at radius 3 is 2.83 bits per heavy atom. The van der Waals surface area contributed by atoms with E-state index in [4.69, 9.17) is 4.98 Å². The summed E-state index contributed by atoms with van der Waals surface area (Å²) in [5.41, 5.74) is 2.15. The van der Waals surface area contributed by atoms with Crippen molar-refractivity contribution in [3.05, 3.63) is 78.1 Å². The Balaban J connectivity index is 1.26. The third-order valence-electron chi connectivity index (χ3n) is 6.12. The second-order valence-electron chi connectivity index (χ2n) is 8.44. The third kappa shape index (κ3) is 3.82. The summed E-state index contributed by atoms with van der Waals surface area (Å²) in [5, 5.41) is 16.9. The van der Waals surface area contributed by atoms with E-state index >= 15 is 0 Å². The molecule has 0 bridgehead atoms. The number of fused-ring (bicyclic) bond motifs is 1. The zero-order chi connectivity index (χ0) is 24.0. The first-order valence-corrected chi connectivity index (χ1v) is 12.0. The molecule has 6 rings (SSSR count). The zero-order valence-corrected chi connectivity index (χ0v) is 19.6. The number of aromatic nitrogens is 5. The molecular weight excluding hydrogens is 462 g/mol. The van der Waals surface area contributed by atoms with Crippen molar-refractivity contribution in [3.8, 4) is 22.0 Å². The van der Waals surface area contributed by atoms with E-state index in [0.29, 0.717) is 41.7 Å². The monoisotopic (exact) mass is 483 g/mol. The largest absolute Gasteiger partial charge is 0.375 e. The van der Waals surface area contributed by atoms with Gasteiger partial charge in [-0.1, -0.05) is 24.3 Å². The predicted molar refractivity (Wildman–Crippen MR) is 133 cm³/mol. The van der Waals surface area contributed by atoms with Gasteiger partial charge >= 0.3 is 0 Å². The van der Waals surface area contributed by atoms with E-state index in [2.05, 4.69) is 20.3 Å². The van der Waals surface area contributed by atoms with Crippen molar-refractivity contribution in [1.29, 1.82) is 0 Å². The quantitative estimate of drug-likeness (QED) is 0.392. The SMILES string of the molecule is CN1CCC(O)(c2cccc(-c3nc(-c4ccnc(Nc5cn6ccccc6n5)n4)cs3)c2)C1=O. The van der Waals surface area contributed by atoms with Crippen LogP contribution in [0.2, 0.25) is 0 Å². The molecule has 1 aliphatic heterocycles. The molecule has 35 heavy (non-hydrogen) atoms. The molecule has 0 aliphatic carbocycles. The van der Waals surface area contributed by atoms with Crippen LogP contribution in [0.1, 0.15) is 12.0 Å². The summed E-state index contributed by atoms with van der Waals surface area (Å²) in [4.78, 5) is 32.3. The summed E-state index contributed by atoms with van der Waals surface area (Å²) in [5.74, 6) is 0.795. The molecule has 2 N–H and O–H groups in total. The van der Waals surface area contributed by atoms with Crippen LogP contribution in [0.15, 0.2) is 72.5 Å². The highest BCUT2D eigenvalue weighted by Gasteiger charge is 2.45. The molecule has 1 amide bonds. The standard InChI is InChI=1S/C25H21N7O2S/c1-31-12-9-25(34,23(31)33)17-6-4-5-16(13-17)22-27-19(15-35-22)18-8-10-26-24(28-18)30-20-14-32-11-3-2-7-21(32)29-20/h2-8,10-11,13-15,34H,9,12H2,1H3,(H,26,28,30). The van der Waals surface area contributed by atoms with Crippen molar-refractivity contribution in [2.45, 2.75) is 12.0 Å². The van der Waals surface area contributed by atoms with E-state index in [-0.39, 0.29) is 5.91 Å². The number of hydrogen-bond acceptors (Lipinski definition) is 8. The number of imidazole rings is 1. The number of nitrogens with zero attached hydrogens (tertiary/aromatic N) is 6. The molecule has 1 fully saturated rings. The van der Waals surface area contributed by atoms with Crippen LogP contribution in [0.25, 0.3) is 27.6 Å². The Hall–Kier alpha value is -4.15. The summed E-state index contributed by atoms with van der Waals surface area (Å²) in [6.07, 6.45) is 5.85. The van der Waals surface area contributed by atoms with Gasteiger partial charge in [0.2, 0.25) is 5.95 Å².